The summed E-state index contributed by atoms with van der Waals surface area (Å²) in [5, 5.41) is 0. The quantitative estimate of drug-likeness (QED) is 0.509. The molecule has 1 aliphatic rings. The van der Waals surface area contributed by atoms with E-state index in [4.69, 9.17) is 9.72 Å². The zero-order valence-corrected chi connectivity index (χ0v) is 17.4. The van der Waals surface area contributed by atoms with Crippen LogP contribution in [-0.4, -0.2) is 53.6 Å². The summed E-state index contributed by atoms with van der Waals surface area (Å²) in [4.78, 5) is 22.4. The highest BCUT2D eigenvalue weighted by Gasteiger charge is 2.27. The fourth-order valence-corrected chi connectivity index (χ4v) is 4.11. The molecule has 1 aliphatic heterocycles. The van der Waals surface area contributed by atoms with Gasteiger partial charge in [0.15, 0.2) is 0 Å². The molecular formula is C25H24N4O2. The maximum Gasteiger partial charge on any atom is 0.290 e. The van der Waals surface area contributed by atoms with Gasteiger partial charge in [0.1, 0.15) is 5.75 Å². The Morgan fingerprint density at radius 1 is 0.806 bits per heavy atom. The minimum atomic E-state index is -0.0329. The van der Waals surface area contributed by atoms with Crippen molar-refractivity contribution in [3.63, 3.8) is 0 Å². The first-order valence-corrected chi connectivity index (χ1v) is 10.5. The Morgan fingerprint density at radius 3 is 2.19 bits per heavy atom. The molecule has 0 N–H and O–H groups in total. The van der Waals surface area contributed by atoms with E-state index in [-0.39, 0.29) is 5.91 Å². The summed E-state index contributed by atoms with van der Waals surface area (Å²) in [7, 11) is 1.67. The first-order valence-electron chi connectivity index (χ1n) is 10.5. The van der Waals surface area contributed by atoms with Crippen LogP contribution in [0.25, 0.3) is 16.7 Å². The van der Waals surface area contributed by atoms with Crippen molar-refractivity contribution in [3.8, 4) is 11.4 Å². The number of methoxy groups -OCH3 is 1. The van der Waals surface area contributed by atoms with Gasteiger partial charge in [-0.05, 0) is 48.5 Å². The number of fused-ring (bicyclic) bond motifs is 1. The van der Waals surface area contributed by atoms with Crippen molar-refractivity contribution in [2.45, 2.75) is 0 Å². The van der Waals surface area contributed by atoms with E-state index in [1.165, 1.54) is 0 Å². The van der Waals surface area contributed by atoms with Crippen LogP contribution in [0.4, 0.5) is 5.69 Å². The molecule has 0 bridgehead atoms. The zero-order valence-electron chi connectivity index (χ0n) is 17.4. The summed E-state index contributed by atoms with van der Waals surface area (Å²) in [5.41, 5.74) is 3.85. The molecule has 6 heteroatoms. The predicted octanol–water partition coefficient (Wildman–Crippen LogP) is 4.00. The molecule has 5 rings (SSSR count). The van der Waals surface area contributed by atoms with Gasteiger partial charge in [0, 0.05) is 37.6 Å². The summed E-state index contributed by atoms with van der Waals surface area (Å²) >= 11 is 0. The third-order valence-electron chi connectivity index (χ3n) is 5.77. The molecule has 0 saturated carbocycles. The first kappa shape index (κ1) is 19.2. The van der Waals surface area contributed by atoms with E-state index < -0.39 is 0 Å². The van der Waals surface area contributed by atoms with Crippen LogP contribution < -0.4 is 9.64 Å². The lowest BCUT2D eigenvalue weighted by Gasteiger charge is -2.36. The fourth-order valence-electron chi connectivity index (χ4n) is 4.11. The molecule has 156 valence electrons. The Morgan fingerprint density at radius 2 is 1.48 bits per heavy atom. The fraction of sp³-hybridized carbons (Fsp3) is 0.200. The smallest absolute Gasteiger partial charge is 0.290 e. The number of carbonyl (C=O) groups is 1. The van der Waals surface area contributed by atoms with E-state index in [2.05, 4.69) is 17.0 Å². The third kappa shape index (κ3) is 3.61. The van der Waals surface area contributed by atoms with Gasteiger partial charge in [-0.1, -0.05) is 30.3 Å². The van der Waals surface area contributed by atoms with Gasteiger partial charge in [-0.2, -0.15) is 0 Å². The molecule has 2 heterocycles. The number of imidazole rings is 1. The van der Waals surface area contributed by atoms with Crippen LogP contribution >= 0.6 is 0 Å². The van der Waals surface area contributed by atoms with Crippen molar-refractivity contribution in [2.75, 3.05) is 38.2 Å². The van der Waals surface area contributed by atoms with E-state index >= 15 is 0 Å². The van der Waals surface area contributed by atoms with Crippen molar-refractivity contribution < 1.29 is 9.53 Å². The van der Waals surface area contributed by atoms with Crippen LogP contribution in [0.15, 0.2) is 78.9 Å². The Kier molecular flexibility index (Phi) is 5.04. The SMILES string of the molecule is COc1ccc(N2CCN(C(=O)c3nc4ccccc4n3-c3ccccc3)CC2)cc1. The number of nitrogens with zero attached hydrogens (tertiary/aromatic N) is 4. The number of ether oxygens (including phenoxy) is 1. The molecule has 1 fully saturated rings. The van der Waals surface area contributed by atoms with Crippen molar-refractivity contribution in [1.29, 1.82) is 0 Å². The molecule has 0 radical (unpaired) electrons. The molecular weight excluding hydrogens is 388 g/mol. The maximum atomic E-state index is 13.5. The Hall–Kier alpha value is -3.80. The van der Waals surface area contributed by atoms with Gasteiger partial charge in [0.25, 0.3) is 5.91 Å². The first-order chi connectivity index (χ1) is 15.2. The number of anilines is 1. The lowest BCUT2D eigenvalue weighted by atomic mass is 10.2. The molecule has 1 aromatic heterocycles. The number of piperazine rings is 1. The number of hydrogen-bond acceptors (Lipinski definition) is 4. The highest BCUT2D eigenvalue weighted by molar-refractivity contribution is 5.96. The highest BCUT2D eigenvalue weighted by atomic mass is 16.5. The Labute approximate surface area is 181 Å². The molecule has 0 aliphatic carbocycles. The average Bonchev–Trinajstić information content (AvgIpc) is 3.24. The summed E-state index contributed by atoms with van der Waals surface area (Å²) in [6.07, 6.45) is 0. The highest BCUT2D eigenvalue weighted by Crippen LogP contribution is 2.24. The Balaban J connectivity index is 1.40. The van der Waals surface area contributed by atoms with Crippen LogP contribution in [0.3, 0.4) is 0 Å². The van der Waals surface area contributed by atoms with Crippen molar-refractivity contribution in [1.82, 2.24) is 14.5 Å². The number of hydrogen-bond donors (Lipinski definition) is 0. The molecule has 3 aromatic carbocycles. The summed E-state index contributed by atoms with van der Waals surface area (Å²) in [5.74, 6) is 1.28. The van der Waals surface area contributed by atoms with E-state index in [9.17, 15) is 4.79 Å². The van der Waals surface area contributed by atoms with Crippen LogP contribution in [0.2, 0.25) is 0 Å². The van der Waals surface area contributed by atoms with Crippen molar-refractivity contribution >= 4 is 22.6 Å². The molecule has 0 unspecified atom stereocenters. The summed E-state index contributed by atoms with van der Waals surface area (Å²) < 4.78 is 7.21. The van der Waals surface area contributed by atoms with E-state index in [1.807, 2.05) is 76.2 Å². The van der Waals surface area contributed by atoms with Crippen LogP contribution in [0.5, 0.6) is 5.75 Å². The number of para-hydroxylation sites is 3. The second-order valence-corrected chi connectivity index (χ2v) is 7.57. The van der Waals surface area contributed by atoms with Gasteiger partial charge in [0.05, 0.1) is 18.1 Å². The maximum absolute atomic E-state index is 13.5. The van der Waals surface area contributed by atoms with Crippen LogP contribution in [-0.2, 0) is 0 Å². The van der Waals surface area contributed by atoms with Gasteiger partial charge in [-0.25, -0.2) is 4.98 Å². The molecule has 31 heavy (non-hydrogen) atoms. The molecule has 1 amide bonds. The van der Waals surface area contributed by atoms with Crippen LogP contribution in [0, 0.1) is 0 Å². The van der Waals surface area contributed by atoms with E-state index in [0.29, 0.717) is 18.9 Å². The standard InChI is InChI=1S/C25H24N4O2/c1-31-21-13-11-19(12-14-21)27-15-17-28(18-16-27)25(30)24-26-22-9-5-6-10-23(22)29(24)20-7-3-2-4-8-20/h2-14H,15-18H2,1H3. The average molecular weight is 412 g/mol. The number of carbonyl (C=O) groups excluding carboxylic acids is 1. The minimum absolute atomic E-state index is 0.0329. The van der Waals surface area contributed by atoms with Crippen molar-refractivity contribution in [2.24, 2.45) is 0 Å². The van der Waals surface area contributed by atoms with Crippen LogP contribution in [0.1, 0.15) is 10.6 Å². The molecule has 0 atom stereocenters. The summed E-state index contributed by atoms with van der Waals surface area (Å²) in [6, 6.07) is 25.9. The second kappa shape index (κ2) is 8.14. The molecule has 4 aromatic rings. The lowest BCUT2D eigenvalue weighted by molar-refractivity contribution is 0.0733. The number of benzene rings is 3. The van der Waals surface area contributed by atoms with Gasteiger partial charge in [0.2, 0.25) is 5.82 Å². The molecule has 6 nitrogen and oxygen atoms in total. The number of amides is 1. The largest absolute Gasteiger partial charge is 0.497 e. The van der Waals surface area contributed by atoms with Crippen molar-refractivity contribution in [3.05, 3.63) is 84.7 Å². The minimum Gasteiger partial charge on any atom is -0.497 e. The lowest BCUT2D eigenvalue weighted by Crippen LogP contribution is -2.49. The van der Waals surface area contributed by atoms with E-state index in [0.717, 1.165) is 41.2 Å². The molecule has 0 spiro atoms. The third-order valence-corrected chi connectivity index (χ3v) is 5.77. The number of aromatic nitrogens is 2. The van der Waals surface area contributed by atoms with E-state index in [1.54, 1.807) is 7.11 Å². The van der Waals surface area contributed by atoms with Gasteiger partial charge < -0.3 is 14.5 Å². The normalized spacial score (nSPS) is 14.1. The van der Waals surface area contributed by atoms with Gasteiger partial charge >= 0.3 is 0 Å². The summed E-state index contributed by atoms with van der Waals surface area (Å²) in [6.45, 7) is 2.87. The number of rotatable bonds is 4. The monoisotopic (exact) mass is 412 g/mol. The molecule has 1 saturated heterocycles. The topological polar surface area (TPSA) is 50.6 Å². The van der Waals surface area contributed by atoms with Gasteiger partial charge in [-0.15, -0.1) is 0 Å². The Bertz CT molecular complexity index is 1190. The second-order valence-electron chi connectivity index (χ2n) is 7.57. The zero-order chi connectivity index (χ0) is 21.2. The van der Waals surface area contributed by atoms with Gasteiger partial charge in [-0.3, -0.25) is 9.36 Å². The predicted molar refractivity (Wildman–Crippen MR) is 122 cm³/mol.